The van der Waals surface area contributed by atoms with E-state index >= 15 is 0 Å². The molecule has 0 atom stereocenters. The molecule has 0 aliphatic heterocycles. The van der Waals surface area contributed by atoms with Crippen molar-refractivity contribution in [3.63, 3.8) is 0 Å². The van der Waals surface area contributed by atoms with Gasteiger partial charge in [-0.3, -0.25) is 4.79 Å². The highest BCUT2D eigenvalue weighted by atomic mass is 35.5. The van der Waals surface area contributed by atoms with E-state index in [4.69, 9.17) is 5.73 Å². The second-order valence-corrected chi connectivity index (χ2v) is 5.77. The highest BCUT2D eigenvalue weighted by molar-refractivity contribution is 7.09. The minimum absolute atomic E-state index is 0. The molecule has 0 aliphatic carbocycles. The van der Waals surface area contributed by atoms with Gasteiger partial charge in [0.25, 0.3) is 0 Å². The van der Waals surface area contributed by atoms with E-state index in [2.05, 4.69) is 4.98 Å². The fourth-order valence-corrected chi connectivity index (χ4v) is 2.62. The molecule has 0 saturated heterocycles. The first-order valence-corrected chi connectivity index (χ1v) is 7.68. The topological polar surface area (TPSA) is 59.2 Å². The average molecular weight is 360 g/mol. The molecule has 1 rings (SSSR count). The molecule has 9 heteroatoms. The summed E-state index contributed by atoms with van der Waals surface area (Å²) in [6.07, 6.45) is -0.377. The van der Waals surface area contributed by atoms with Crippen LogP contribution in [0.25, 0.3) is 0 Å². The van der Waals surface area contributed by atoms with Gasteiger partial charge in [-0.1, -0.05) is 12.8 Å². The van der Waals surface area contributed by atoms with Crippen LogP contribution in [0.1, 0.15) is 42.8 Å². The van der Waals surface area contributed by atoms with Crippen LogP contribution in [0.15, 0.2) is 5.38 Å². The van der Waals surface area contributed by atoms with Crippen molar-refractivity contribution in [3.8, 4) is 0 Å². The van der Waals surface area contributed by atoms with Crippen LogP contribution in [0.5, 0.6) is 0 Å². The lowest BCUT2D eigenvalue weighted by Crippen LogP contribution is -2.25. The van der Waals surface area contributed by atoms with Crippen molar-refractivity contribution in [2.45, 2.75) is 44.8 Å². The molecule has 1 aromatic heterocycles. The molecule has 0 aromatic carbocycles. The highest BCUT2D eigenvalue weighted by Gasteiger charge is 2.33. The van der Waals surface area contributed by atoms with Gasteiger partial charge in [-0.2, -0.15) is 13.2 Å². The lowest BCUT2D eigenvalue weighted by Gasteiger charge is -2.15. The Morgan fingerprint density at radius 1 is 1.32 bits per heavy atom. The van der Waals surface area contributed by atoms with Crippen LogP contribution in [0.2, 0.25) is 0 Å². The zero-order valence-electron chi connectivity index (χ0n) is 12.4. The number of nitrogens with zero attached hydrogens (tertiary/aromatic N) is 2. The number of alkyl halides is 3. The van der Waals surface area contributed by atoms with E-state index in [0.717, 1.165) is 42.4 Å². The van der Waals surface area contributed by atoms with Crippen molar-refractivity contribution in [1.82, 2.24) is 9.88 Å². The lowest BCUT2D eigenvalue weighted by molar-refractivity contribution is -0.140. The van der Waals surface area contributed by atoms with Crippen LogP contribution in [-0.4, -0.2) is 29.4 Å². The Bertz CT molecular complexity index is 454. The molecule has 0 radical (unpaired) electrons. The molecule has 1 amide bonds. The summed E-state index contributed by atoms with van der Waals surface area (Å²) in [5.41, 5.74) is 4.48. The molecule has 128 valence electrons. The quantitative estimate of drug-likeness (QED) is 0.723. The Morgan fingerprint density at radius 3 is 2.50 bits per heavy atom. The van der Waals surface area contributed by atoms with Crippen molar-refractivity contribution in [2.24, 2.45) is 5.73 Å². The normalized spacial score (nSPS) is 11.1. The fraction of sp³-hybridized carbons (Fsp3) is 0.692. The minimum atomic E-state index is -4.43. The fourth-order valence-electron chi connectivity index (χ4n) is 1.77. The van der Waals surface area contributed by atoms with Gasteiger partial charge in [0.2, 0.25) is 5.91 Å². The average Bonchev–Trinajstić information content (AvgIpc) is 2.86. The summed E-state index contributed by atoms with van der Waals surface area (Å²) in [6.45, 7) is 0.766. The number of carbonyl (C=O) groups excluding carboxylic acids is 1. The van der Waals surface area contributed by atoms with Gasteiger partial charge in [-0.05, 0) is 19.4 Å². The number of hydrogen-bond donors (Lipinski definition) is 1. The Morgan fingerprint density at radius 2 is 1.95 bits per heavy atom. The number of amides is 1. The second kappa shape index (κ2) is 10.0. The third kappa shape index (κ3) is 7.42. The van der Waals surface area contributed by atoms with Gasteiger partial charge in [-0.25, -0.2) is 4.98 Å². The van der Waals surface area contributed by atoms with Crippen LogP contribution in [0, 0.1) is 0 Å². The summed E-state index contributed by atoms with van der Waals surface area (Å²) in [5, 5.41) is 1.27. The Labute approximate surface area is 138 Å². The van der Waals surface area contributed by atoms with Gasteiger partial charge in [0.15, 0.2) is 5.69 Å². The number of hydrogen-bond acceptors (Lipinski definition) is 4. The maximum atomic E-state index is 12.4. The summed E-state index contributed by atoms with van der Waals surface area (Å²) < 4.78 is 37.3. The summed E-state index contributed by atoms with van der Waals surface area (Å²) in [4.78, 5) is 16.8. The Hall–Kier alpha value is -0.860. The summed E-state index contributed by atoms with van der Waals surface area (Å²) in [7, 11) is 1.58. The molecular formula is C13H21ClF3N3OS. The van der Waals surface area contributed by atoms with E-state index in [-0.39, 0.29) is 24.9 Å². The predicted octanol–water partition coefficient (Wildman–Crippen LogP) is 3.45. The molecule has 4 nitrogen and oxygen atoms in total. The standard InChI is InChI=1S/C13H20F3N3OS.ClH/c1-19(12(20)6-4-2-3-5-7-17)8-11-18-10(9-21-11)13(14,15)16;/h9H,2-8,17H2,1H3;1H. The van der Waals surface area contributed by atoms with E-state index in [9.17, 15) is 18.0 Å². The molecule has 0 saturated carbocycles. The van der Waals surface area contributed by atoms with Crippen LogP contribution in [0.3, 0.4) is 0 Å². The van der Waals surface area contributed by atoms with Gasteiger partial charge in [0.05, 0.1) is 6.54 Å². The molecule has 0 unspecified atom stereocenters. The number of rotatable bonds is 8. The zero-order valence-corrected chi connectivity index (χ0v) is 14.0. The smallest absolute Gasteiger partial charge is 0.339 e. The van der Waals surface area contributed by atoms with Gasteiger partial charge in [0.1, 0.15) is 5.01 Å². The van der Waals surface area contributed by atoms with Gasteiger partial charge < -0.3 is 10.6 Å². The van der Waals surface area contributed by atoms with Crippen molar-refractivity contribution in [2.75, 3.05) is 13.6 Å². The molecular weight excluding hydrogens is 339 g/mol. The van der Waals surface area contributed by atoms with Crippen LogP contribution in [0.4, 0.5) is 13.2 Å². The summed E-state index contributed by atoms with van der Waals surface area (Å²) in [5.74, 6) is -0.0773. The van der Waals surface area contributed by atoms with E-state index in [1.165, 1.54) is 4.90 Å². The van der Waals surface area contributed by atoms with E-state index < -0.39 is 11.9 Å². The number of unbranched alkanes of at least 4 members (excludes halogenated alkanes) is 3. The SMILES string of the molecule is CN(Cc1nc(C(F)(F)F)cs1)C(=O)CCCCCCN.Cl. The van der Waals surface area contributed by atoms with Gasteiger partial charge in [-0.15, -0.1) is 23.7 Å². The third-order valence-electron chi connectivity index (χ3n) is 2.99. The number of carbonyl (C=O) groups is 1. The maximum absolute atomic E-state index is 12.4. The molecule has 1 heterocycles. The molecule has 0 fully saturated rings. The highest BCUT2D eigenvalue weighted by Crippen LogP contribution is 2.30. The summed E-state index contributed by atoms with van der Waals surface area (Å²) in [6, 6.07) is 0. The zero-order chi connectivity index (χ0) is 15.9. The number of aromatic nitrogens is 1. The van der Waals surface area contributed by atoms with Crippen LogP contribution >= 0.6 is 23.7 Å². The first kappa shape index (κ1) is 21.1. The molecule has 0 aliphatic rings. The number of nitrogens with two attached hydrogens (primary N) is 1. The van der Waals surface area contributed by atoms with Crippen molar-refractivity contribution in [3.05, 3.63) is 16.1 Å². The predicted molar refractivity (Wildman–Crippen MR) is 83.0 cm³/mol. The van der Waals surface area contributed by atoms with Crippen molar-refractivity contribution >= 4 is 29.7 Å². The van der Waals surface area contributed by atoms with Crippen molar-refractivity contribution < 1.29 is 18.0 Å². The van der Waals surface area contributed by atoms with Crippen LogP contribution in [-0.2, 0) is 17.5 Å². The van der Waals surface area contributed by atoms with Crippen LogP contribution < -0.4 is 5.73 Å². The van der Waals surface area contributed by atoms with E-state index in [1.54, 1.807) is 7.05 Å². The first-order valence-electron chi connectivity index (χ1n) is 6.80. The second-order valence-electron chi connectivity index (χ2n) is 4.83. The Kier molecular flexibility index (Phi) is 9.63. The largest absolute Gasteiger partial charge is 0.434 e. The van der Waals surface area contributed by atoms with E-state index in [0.29, 0.717) is 18.0 Å². The van der Waals surface area contributed by atoms with Crippen molar-refractivity contribution in [1.29, 1.82) is 0 Å². The number of thiazole rings is 1. The lowest BCUT2D eigenvalue weighted by atomic mass is 10.1. The molecule has 0 bridgehead atoms. The van der Waals surface area contributed by atoms with Gasteiger partial charge in [0, 0.05) is 18.8 Å². The number of halogens is 4. The first-order chi connectivity index (χ1) is 9.84. The van der Waals surface area contributed by atoms with E-state index in [1.807, 2.05) is 0 Å². The molecule has 0 spiro atoms. The molecule has 22 heavy (non-hydrogen) atoms. The Balaban J connectivity index is 0.00000441. The van der Waals surface area contributed by atoms with Gasteiger partial charge >= 0.3 is 6.18 Å². The molecule has 2 N–H and O–H groups in total. The maximum Gasteiger partial charge on any atom is 0.434 e. The third-order valence-corrected chi connectivity index (χ3v) is 3.82. The minimum Gasteiger partial charge on any atom is -0.339 e. The molecule has 1 aromatic rings. The monoisotopic (exact) mass is 359 g/mol. The summed E-state index contributed by atoms with van der Waals surface area (Å²) >= 11 is 0.918.